The van der Waals surface area contributed by atoms with Gasteiger partial charge in [0.05, 0.1) is 12.1 Å². The summed E-state index contributed by atoms with van der Waals surface area (Å²) in [6.45, 7) is 5.51. The number of piperazine rings is 1. The Morgan fingerprint density at radius 2 is 1.90 bits per heavy atom. The third-order valence-corrected chi connectivity index (χ3v) is 7.11. The maximum atomic E-state index is 13.1. The second-order valence-corrected chi connectivity index (χ2v) is 9.31. The summed E-state index contributed by atoms with van der Waals surface area (Å²) in [4.78, 5) is 30.2. The average molecular weight is 431 g/mol. The number of anilines is 2. The SMILES string of the molecule is C[C@@H]1CCc2c(sc(NC(=O)CN3CCN(c4ccc(F)cc4)CC3)c2C(N)=O)C1. The predicted molar refractivity (Wildman–Crippen MR) is 118 cm³/mol. The molecule has 0 bridgehead atoms. The first-order valence-electron chi connectivity index (χ1n) is 10.4. The number of hydrogen-bond acceptors (Lipinski definition) is 5. The molecule has 30 heavy (non-hydrogen) atoms. The van der Waals surface area contributed by atoms with Crippen LogP contribution in [0.4, 0.5) is 15.1 Å². The molecule has 2 amide bonds. The molecule has 1 aliphatic carbocycles. The lowest BCUT2D eigenvalue weighted by Crippen LogP contribution is -2.48. The maximum Gasteiger partial charge on any atom is 0.251 e. The van der Waals surface area contributed by atoms with Gasteiger partial charge in [0.25, 0.3) is 5.91 Å². The largest absolute Gasteiger partial charge is 0.369 e. The van der Waals surface area contributed by atoms with Crippen LogP contribution in [0, 0.1) is 11.7 Å². The van der Waals surface area contributed by atoms with E-state index in [1.807, 2.05) is 0 Å². The van der Waals surface area contributed by atoms with Crippen molar-refractivity contribution >= 4 is 33.8 Å². The number of thiophene rings is 1. The van der Waals surface area contributed by atoms with Crippen molar-refractivity contribution in [2.45, 2.75) is 26.2 Å². The molecule has 2 heterocycles. The number of halogens is 1. The Morgan fingerprint density at radius 1 is 1.20 bits per heavy atom. The Balaban J connectivity index is 1.35. The van der Waals surface area contributed by atoms with Crippen LogP contribution in [0.1, 0.15) is 34.1 Å². The highest BCUT2D eigenvalue weighted by atomic mass is 32.1. The van der Waals surface area contributed by atoms with Crippen molar-refractivity contribution in [3.8, 4) is 0 Å². The molecule has 1 aliphatic heterocycles. The van der Waals surface area contributed by atoms with Crippen LogP contribution in [-0.2, 0) is 17.6 Å². The van der Waals surface area contributed by atoms with E-state index in [0.29, 0.717) is 16.5 Å². The number of fused-ring (bicyclic) bond motifs is 1. The van der Waals surface area contributed by atoms with Crippen LogP contribution in [0.25, 0.3) is 0 Å². The van der Waals surface area contributed by atoms with Gasteiger partial charge in [0, 0.05) is 36.7 Å². The van der Waals surface area contributed by atoms with Gasteiger partial charge in [-0.25, -0.2) is 4.39 Å². The van der Waals surface area contributed by atoms with Crippen LogP contribution in [0.2, 0.25) is 0 Å². The molecule has 1 aromatic carbocycles. The Bertz CT molecular complexity index is 935. The van der Waals surface area contributed by atoms with Crippen LogP contribution < -0.4 is 16.0 Å². The number of nitrogens with zero attached hydrogens (tertiary/aromatic N) is 2. The number of carbonyl (C=O) groups is 2. The van der Waals surface area contributed by atoms with E-state index < -0.39 is 5.91 Å². The fourth-order valence-corrected chi connectivity index (χ4v) is 5.72. The molecule has 1 atom stereocenters. The van der Waals surface area contributed by atoms with Gasteiger partial charge < -0.3 is 16.0 Å². The first kappa shape index (κ1) is 20.8. The van der Waals surface area contributed by atoms with Crippen LogP contribution in [-0.4, -0.2) is 49.4 Å². The monoisotopic (exact) mass is 430 g/mol. The molecule has 4 rings (SSSR count). The summed E-state index contributed by atoms with van der Waals surface area (Å²) in [5.74, 6) is -0.253. The van der Waals surface area contributed by atoms with Crippen molar-refractivity contribution in [1.29, 1.82) is 0 Å². The molecular formula is C22H27FN4O2S. The zero-order chi connectivity index (χ0) is 21.3. The van der Waals surface area contributed by atoms with E-state index in [9.17, 15) is 14.0 Å². The lowest BCUT2D eigenvalue weighted by molar-refractivity contribution is -0.117. The lowest BCUT2D eigenvalue weighted by atomic mass is 9.88. The Hall–Kier alpha value is -2.45. The summed E-state index contributed by atoms with van der Waals surface area (Å²) < 4.78 is 13.1. The highest BCUT2D eigenvalue weighted by Crippen LogP contribution is 2.39. The molecule has 8 heteroatoms. The number of nitrogens with one attached hydrogen (secondary N) is 1. The third kappa shape index (κ3) is 4.49. The van der Waals surface area contributed by atoms with Crippen LogP contribution >= 0.6 is 11.3 Å². The van der Waals surface area contributed by atoms with Crippen LogP contribution in [0.5, 0.6) is 0 Å². The number of nitrogens with two attached hydrogens (primary N) is 1. The van der Waals surface area contributed by atoms with E-state index in [2.05, 4.69) is 22.0 Å². The van der Waals surface area contributed by atoms with Gasteiger partial charge in [-0.1, -0.05) is 6.92 Å². The molecule has 2 aromatic rings. The lowest BCUT2D eigenvalue weighted by Gasteiger charge is -2.35. The number of primary amides is 1. The molecule has 0 spiro atoms. The van der Waals surface area contributed by atoms with E-state index in [1.165, 1.54) is 28.3 Å². The van der Waals surface area contributed by atoms with Crippen molar-refractivity contribution in [1.82, 2.24) is 4.90 Å². The standard InChI is InChI=1S/C22H27FN4O2S/c1-14-2-7-17-18(12-14)30-22(20(17)21(24)29)25-19(28)13-26-8-10-27(11-9-26)16-5-3-15(23)4-6-16/h3-6,14H,2,7-13H2,1H3,(H2,24,29)(H,25,28)/t14-/m1/s1. The number of rotatable bonds is 5. The third-order valence-electron chi connectivity index (χ3n) is 5.94. The van der Waals surface area contributed by atoms with Crippen molar-refractivity contribution in [3.63, 3.8) is 0 Å². The van der Waals surface area contributed by atoms with E-state index >= 15 is 0 Å². The summed E-state index contributed by atoms with van der Waals surface area (Å²) in [5, 5.41) is 3.54. The Kier molecular flexibility index (Phi) is 6.06. The van der Waals surface area contributed by atoms with Crippen molar-refractivity contribution in [2.75, 3.05) is 42.9 Å². The van der Waals surface area contributed by atoms with Crippen molar-refractivity contribution in [3.05, 3.63) is 46.1 Å². The normalized spacial score (nSPS) is 19.4. The average Bonchev–Trinajstić information content (AvgIpc) is 3.06. The van der Waals surface area contributed by atoms with Gasteiger partial charge in [0.1, 0.15) is 10.8 Å². The molecule has 1 fully saturated rings. The van der Waals surface area contributed by atoms with Crippen molar-refractivity contribution < 1.29 is 14.0 Å². The second-order valence-electron chi connectivity index (χ2n) is 8.21. The minimum Gasteiger partial charge on any atom is -0.369 e. The van der Waals surface area contributed by atoms with Gasteiger partial charge in [-0.05, 0) is 55.0 Å². The van der Waals surface area contributed by atoms with Crippen LogP contribution in [0.15, 0.2) is 24.3 Å². The fourth-order valence-electron chi connectivity index (χ4n) is 4.28. The highest BCUT2D eigenvalue weighted by molar-refractivity contribution is 7.17. The molecule has 1 saturated heterocycles. The van der Waals surface area contributed by atoms with Gasteiger partial charge >= 0.3 is 0 Å². The molecule has 0 saturated carbocycles. The summed E-state index contributed by atoms with van der Waals surface area (Å²) in [6.07, 6.45) is 2.81. The van der Waals surface area contributed by atoms with E-state index in [4.69, 9.17) is 5.73 Å². The summed E-state index contributed by atoms with van der Waals surface area (Å²) in [7, 11) is 0. The minimum absolute atomic E-state index is 0.126. The van der Waals surface area contributed by atoms with Crippen molar-refractivity contribution in [2.24, 2.45) is 11.7 Å². The number of carbonyl (C=O) groups excluding carboxylic acids is 2. The predicted octanol–water partition coefficient (Wildman–Crippen LogP) is 2.87. The van der Waals surface area contributed by atoms with Gasteiger partial charge in [-0.15, -0.1) is 11.3 Å². The second kappa shape index (κ2) is 8.73. The number of hydrogen-bond donors (Lipinski definition) is 2. The minimum atomic E-state index is -0.467. The van der Waals surface area contributed by atoms with E-state index in [1.54, 1.807) is 12.1 Å². The molecule has 0 radical (unpaired) electrons. The summed E-state index contributed by atoms with van der Waals surface area (Å²) in [6, 6.07) is 6.49. The summed E-state index contributed by atoms with van der Waals surface area (Å²) in [5.41, 5.74) is 8.14. The number of amides is 2. The Morgan fingerprint density at radius 3 is 2.57 bits per heavy atom. The smallest absolute Gasteiger partial charge is 0.251 e. The molecular weight excluding hydrogens is 403 g/mol. The first-order valence-corrected chi connectivity index (χ1v) is 11.2. The van der Waals surface area contributed by atoms with E-state index in [0.717, 1.165) is 56.7 Å². The topological polar surface area (TPSA) is 78.7 Å². The van der Waals surface area contributed by atoms with Gasteiger partial charge in [0.15, 0.2) is 0 Å². The zero-order valence-corrected chi connectivity index (χ0v) is 17.9. The molecule has 2 aliphatic rings. The fraction of sp³-hybridized carbons (Fsp3) is 0.455. The number of benzene rings is 1. The van der Waals surface area contributed by atoms with Gasteiger partial charge in [0.2, 0.25) is 5.91 Å². The zero-order valence-electron chi connectivity index (χ0n) is 17.1. The van der Waals surface area contributed by atoms with Gasteiger partial charge in [-0.3, -0.25) is 14.5 Å². The maximum absolute atomic E-state index is 13.1. The quantitative estimate of drug-likeness (QED) is 0.765. The van der Waals surface area contributed by atoms with Crippen LogP contribution in [0.3, 0.4) is 0 Å². The molecule has 1 aromatic heterocycles. The highest BCUT2D eigenvalue weighted by Gasteiger charge is 2.28. The molecule has 6 nitrogen and oxygen atoms in total. The molecule has 0 unspecified atom stereocenters. The first-order chi connectivity index (χ1) is 14.4. The summed E-state index contributed by atoms with van der Waals surface area (Å²) >= 11 is 1.49. The molecule has 3 N–H and O–H groups in total. The van der Waals surface area contributed by atoms with Gasteiger partial charge in [-0.2, -0.15) is 0 Å². The molecule has 160 valence electrons. The Labute approximate surface area is 179 Å². The van der Waals surface area contributed by atoms with E-state index in [-0.39, 0.29) is 18.3 Å².